The summed E-state index contributed by atoms with van der Waals surface area (Å²) in [6, 6.07) is 6.50. The Balaban J connectivity index is 2.64. The number of carbonyl (C=O) groups is 1. The number of ether oxygens (including phenoxy) is 1. The van der Waals surface area contributed by atoms with Gasteiger partial charge in [0.2, 0.25) is 0 Å². The Morgan fingerprint density at radius 3 is 2.56 bits per heavy atom. The van der Waals surface area contributed by atoms with E-state index in [9.17, 15) is 4.79 Å². The number of carbonyl (C=O) groups excluding carboxylic acids is 1. The molecule has 1 aromatic carbocycles. The Bertz CT molecular complexity index is 367. The molecule has 0 aliphatic carbocycles. The van der Waals surface area contributed by atoms with Crippen molar-refractivity contribution in [2.75, 3.05) is 6.61 Å². The SMILES string of the molecule is CC(=O)OCCc1ccc(C(C)C)cc1C. The third-order valence-electron chi connectivity index (χ3n) is 2.71. The van der Waals surface area contributed by atoms with Gasteiger partial charge < -0.3 is 4.74 Å². The van der Waals surface area contributed by atoms with Crippen molar-refractivity contribution in [1.29, 1.82) is 0 Å². The van der Waals surface area contributed by atoms with Crippen LogP contribution in [0, 0.1) is 6.92 Å². The zero-order chi connectivity index (χ0) is 12.1. The monoisotopic (exact) mass is 220 g/mol. The van der Waals surface area contributed by atoms with Crippen LogP contribution < -0.4 is 0 Å². The van der Waals surface area contributed by atoms with Gasteiger partial charge in [-0.3, -0.25) is 4.79 Å². The van der Waals surface area contributed by atoms with Crippen LogP contribution in [0.2, 0.25) is 0 Å². The standard InChI is InChI=1S/C14H20O2/c1-10(2)14-6-5-13(11(3)9-14)7-8-16-12(4)15/h5-6,9-10H,7-8H2,1-4H3. The first-order valence-corrected chi connectivity index (χ1v) is 5.73. The molecule has 2 nitrogen and oxygen atoms in total. The molecule has 1 aromatic rings. The Labute approximate surface area is 97.6 Å². The van der Waals surface area contributed by atoms with Gasteiger partial charge in [-0.2, -0.15) is 0 Å². The number of benzene rings is 1. The smallest absolute Gasteiger partial charge is 0.302 e. The molecule has 0 unspecified atom stereocenters. The normalized spacial score (nSPS) is 10.6. The third-order valence-corrected chi connectivity index (χ3v) is 2.71. The molecule has 2 heteroatoms. The molecule has 0 aliphatic rings. The Morgan fingerprint density at radius 1 is 1.38 bits per heavy atom. The van der Waals surface area contributed by atoms with Crippen molar-refractivity contribution in [2.45, 2.75) is 40.0 Å². The minimum atomic E-state index is -0.212. The van der Waals surface area contributed by atoms with Crippen molar-refractivity contribution in [3.05, 3.63) is 34.9 Å². The second-order valence-corrected chi connectivity index (χ2v) is 4.43. The highest BCUT2D eigenvalue weighted by atomic mass is 16.5. The predicted octanol–water partition coefficient (Wildman–Crippen LogP) is 3.22. The van der Waals surface area contributed by atoms with Gasteiger partial charge in [0.1, 0.15) is 0 Å². The third kappa shape index (κ3) is 3.69. The summed E-state index contributed by atoms with van der Waals surface area (Å²) in [5.41, 5.74) is 3.89. The maximum absolute atomic E-state index is 10.6. The molecule has 0 heterocycles. The zero-order valence-corrected chi connectivity index (χ0v) is 10.5. The first-order chi connectivity index (χ1) is 7.50. The van der Waals surface area contributed by atoms with Crippen molar-refractivity contribution in [2.24, 2.45) is 0 Å². The molecule has 0 N–H and O–H groups in total. The second-order valence-electron chi connectivity index (χ2n) is 4.43. The maximum Gasteiger partial charge on any atom is 0.302 e. The average Bonchev–Trinajstić information content (AvgIpc) is 2.19. The highest BCUT2D eigenvalue weighted by Crippen LogP contribution is 2.18. The molecular weight excluding hydrogens is 200 g/mol. The quantitative estimate of drug-likeness (QED) is 0.728. The van der Waals surface area contributed by atoms with E-state index in [1.54, 1.807) is 0 Å². The van der Waals surface area contributed by atoms with E-state index < -0.39 is 0 Å². The minimum absolute atomic E-state index is 0.212. The maximum atomic E-state index is 10.6. The summed E-state index contributed by atoms with van der Waals surface area (Å²) in [6.07, 6.45) is 0.795. The molecule has 0 fully saturated rings. The van der Waals surface area contributed by atoms with Gasteiger partial charge >= 0.3 is 5.97 Å². The molecule has 0 bridgehead atoms. The van der Waals surface area contributed by atoms with Crippen LogP contribution in [0.25, 0.3) is 0 Å². The van der Waals surface area contributed by atoms with Gasteiger partial charge in [0, 0.05) is 13.3 Å². The van der Waals surface area contributed by atoms with Crippen molar-refractivity contribution in [3.63, 3.8) is 0 Å². The molecule has 0 atom stereocenters. The average molecular weight is 220 g/mol. The Morgan fingerprint density at radius 2 is 2.06 bits per heavy atom. The molecule has 0 saturated carbocycles. The van der Waals surface area contributed by atoms with Crippen molar-refractivity contribution < 1.29 is 9.53 Å². The number of aryl methyl sites for hydroxylation is 1. The van der Waals surface area contributed by atoms with Crippen molar-refractivity contribution in [3.8, 4) is 0 Å². The molecule has 0 saturated heterocycles. The second kappa shape index (κ2) is 5.69. The fraction of sp³-hybridized carbons (Fsp3) is 0.500. The van der Waals surface area contributed by atoms with Crippen LogP contribution in [0.15, 0.2) is 18.2 Å². The molecule has 16 heavy (non-hydrogen) atoms. The lowest BCUT2D eigenvalue weighted by molar-refractivity contribution is -0.140. The molecule has 0 spiro atoms. The minimum Gasteiger partial charge on any atom is -0.466 e. The zero-order valence-electron chi connectivity index (χ0n) is 10.5. The van der Waals surface area contributed by atoms with E-state index in [0.29, 0.717) is 12.5 Å². The van der Waals surface area contributed by atoms with E-state index in [1.807, 2.05) is 0 Å². The largest absolute Gasteiger partial charge is 0.466 e. The summed E-state index contributed by atoms with van der Waals surface area (Å²) >= 11 is 0. The molecule has 88 valence electrons. The van der Waals surface area contributed by atoms with Gasteiger partial charge in [-0.05, 0) is 29.5 Å². The van der Waals surface area contributed by atoms with Crippen LogP contribution in [-0.2, 0) is 16.0 Å². The number of hydrogen-bond acceptors (Lipinski definition) is 2. The lowest BCUT2D eigenvalue weighted by Gasteiger charge is -2.10. The summed E-state index contributed by atoms with van der Waals surface area (Å²) in [6.45, 7) is 8.39. The van der Waals surface area contributed by atoms with Crippen molar-refractivity contribution >= 4 is 5.97 Å². The van der Waals surface area contributed by atoms with Crippen LogP contribution in [0.1, 0.15) is 43.4 Å². The fourth-order valence-electron chi connectivity index (χ4n) is 1.66. The number of esters is 1. The van der Waals surface area contributed by atoms with E-state index in [4.69, 9.17) is 4.74 Å². The van der Waals surface area contributed by atoms with E-state index in [2.05, 4.69) is 39.0 Å². The molecule has 0 aliphatic heterocycles. The highest BCUT2D eigenvalue weighted by molar-refractivity contribution is 5.65. The Hall–Kier alpha value is -1.31. The fourth-order valence-corrected chi connectivity index (χ4v) is 1.66. The molecule has 1 rings (SSSR count). The number of rotatable bonds is 4. The first-order valence-electron chi connectivity index (χ1n) is 5.73. The summed E-state index contributed by atoms with van der Waals surface area (Å²) in [5, 5.41) is 0. The first kappa shape index (κ1) is 12.8. The molecular formula is C14H20O2. The van der Waals surface area contributed by atoms with Crippen LogP contribution in [0.3, 0.4) is 0 Å². The summed E-state index contributed by atoms with van der Waals surface area (Å²) in [5.74, 6) is 0.345. The van der Waals surface area contributed by atoms with E-state index >= 15 is 0 Å². The van der Waals surface area contributed by atoms with E-state index in [1.165, 1.54) is 23.6 Å². The summed E-state index contributed by atoms with van der Waals surface area (Å²) in [7, 11) is 0. The van der Waals surface area contributed by atoms with Gasteiger partial charge in [-0.25, -0.2) is 0 Å². The lowest BCUT2D eigenvalue weighted by Crippen LogP contribution is -2.04. The predicted molar refractivity (Wildman–Crippen MR) is 65.6 cm³/mol. The van der Waals surface area contributed by atoms with E-state index in [0.717, 1.165) is 6.42 Å². The highest BCUT2D eigenvalue weighted by Gasteiger charge is 2.03. The van der Waals surface area contributed by atoms with Crippen LogP contribution in [-0.4, -0.2) is 12.6 Å². The van der Waals surface area contributed by atoms with Crippen LogP contribution in [0.5, 0.6) is 0 Å². The molecule has 0 aromatic heterocycles. The van der Waals surface area contributed by atoms with Gasteiger partial charge in [-0.1, -0.05) is 32.0 Å². The number of hydrogen-bond donors (Lipinski definition) is 0. The summed E-state index contributed by atoms with van der Waals surface area (Å²) < 4.78 is 4.94. The van der Waals surface area contributed by atoms with Crippen molar-refractivity contribution in [1.82, 2.24) is 0 Å². The van der Waals surface area contributed by atoms with E-state index in [-0.39, 0.29) is 5.97 Å². The van der Waals surface area contributed by atoms with Gasteiger partial charge in [-0.15, -0.1) is 0 Å². The van der Waals surface area contributed by atoms with Crippen LogP contribution in [0.4, 0.5) is 0 Å². The Kier molecular flexibility index (Phi) is 4.53. The molecule has 0 radical (unpaired) electrons. The topological polar surface area (TPSA) is 26.3 Å². The van der Waals surface area contributed by atoms with Crippen LogP contribution >= 0.6 is 0 Å². The van der Waals surface area contributed by atoms with Gasteiger partial charge in [0.25, 0.3) is 0 Å². The summed E-state index contributed by atoms with van der Waals surface area (Å²) in [4.78, 5) is 10.6. The molecule has 0 amide bonds. The van der Waals surface area contributed by atoms with Gasteiger partial charge in [0.05, 0.1) is 6.61 Å². The lowest BCUT2D eigenvalue weighted by atomic mass is 9.97. The van der Waals surface area contributed by atoms with Gasteiger partial charge in [0.15, 0.2) is 0 Å².